The van der Waals surface area contributed by atoms with Crippen LogP contribution in [0.15, 0.2) is 47.5 Å². The summed E-state index contributed by atoms with van der Waals surface area (Å²) >= 11 is 0. The van der Waals surface area contributed by atoms with Crippen LogP contribution >= 0.6 is 0 Å². The van der Waals surface area contributed by atoms with Crippen LogP contribution in [0.25, 0.3) is 0 Å². The average molecular weight is 362 g/mol. The van der Waals surface area contributed by atoms with Gasteiger partial charge in [0.25, 0.3) is 5.91 Å². The maximum atomic E-state index is 13.3. The van der Waals surface area contributed by atoms with E-state index in [-0.39, 0.29) is 5.91 Å². The summed E-state index contributed by atoms with van der Waals surface area (Å²) in [6.07, 6.45) is 2.48. The molecule has 0 aromatic heterocycles. The molecule has 1 saturated heterocycles. The van der Waals surface area contributed by atoms with Crippen LogP contribution in [0, 0.1) is 19.8 Å². The molecule has 27 heavy (non-hydrogen) atoms. The molecular formula is C23H28N3O+. The fourth-order valence-electron chi connectivity index (χ4n) is 4.13. The van der Waals surface area contributed by atoms with Gasteiger partial charge in [-0.3, -0.25) is 9.69 Å². The Kier molecular flexibility index (Phi) is 4.83. The molecule has 4 heteroatoms. The maximum absolute atomic E-state index is 13.3. The second-order valence-electron chi connectivity index (χ2n) is 8.09. The lowest BCUT2D eigenvalue weighted by Crippen LogP contribution is -3.14. The first-order valence-electron chi connectivity index (χ1n) is 9.93. The van der Waals surface area contributed by atoms with E-state index in [1.165, 1.54) is 23.3 Å². The van der Waals surface area contributed by atoms with E-state index >= 15 is 0 Å². The highest BCUT2D eigenvalue weighted by molar-refractivity contribution is 6.54. The Bertz CT molecular complexity index is 894. The molecule has 0 radical (unpaired) electrons. The first kappa shape index (κ1) is 17.9. The van der Waals surface area contributed by atoms with Crippen LogP contribution in [0.1, 0.15) is 36.5 Å². The second kappa shape index (κ2) is 7.28. The lowest BCUT2D eigenvalue weighted by Gasteiger charge is -2.30. The van der Waals surface area contributed by atoms with Crippen molar-refractivity contribution in [3.05, 3.63) is 59.2 Å². The molecule has 4 rings (SSSR count). The van der Waals surface area contributed by atoms with Gasteiger partial charge in [-0.2, -0.15) is 0 Å². The number of quaternary nitrogens is 1. The fraction of sp³-hybridized carbons (Fsp3) is 0.391. The van der Waals surface area contributed by atoms with E-state index in [1.807, 2.05) is 35.2 Å². The van der Waals surface area contributed by atoms with Gasteiger partial charge in [0.1, 0.15) is 5.71 Å². The van der Waals surface area contributed by atoms with E-state index in [0.29, 0.717) is 5.71 Å². The number of likely N-dealkylation sites (tertiary alicyclic amines) is 1. The molecule has 0 atom stereocenters. The van der Waals surface area contributed by atoms with Crippen LogP contribution in [0.4, 0.5) is 11.4 Å². The summed E-state index contributed by atoms with van der Waals surface area (Å²) < 4.78 is 0. The smallest absolute Gasteiger partial charge is 0.281 e. The molecule has 0 saturated carbocycles. The van der Waals surface area contributed by atoms with Gasteiger partial charge in [0, 0.05) is 5.56 Å². The molecule has 0 aliphatic carbocycles. The SMILES string of the molecule is Cc1ccc(N=C2C(=O)N(C[NH+]3CCC(C)CC3)c3ccccc32)c(C)c1. The van der Waals surface area contributed by atoms with Gasteiger partial charge in [-0.15, -0.1) is 0 Å². The highest BCUT2D eigenvalue weighted by Crippen LogP contribution is 2.31. The number of hydrogen-bond acceptors (Lipinski definition) is 2. The first-order chi connectivity index (χ1) is 13.0. The Morgan fingerprint density at radius 2 is 1.85 bits per heavy atom. The topological polar surface area (TPSA) is 37.1 Å². The number of amides is 1. The highest BCUT2D eigenvalue weighted by Gasteiger charge is 2.36. The lowest BCUT2D eigenvalue weighted by atomic mass is 10.00. The molecule has 2 aromatic rings. The molecule has 4 nitrogen and oxygen atoms in total. The monoisotopic (exact) mass is 362 g/mol. The summed E-state index contributed by atoms with van der Waals surface area (Å²) in [5.74, 6) is 0.833. The number of aryl methyl sites for hydroxylation is 2. The molecule has 1 N–H and O–H groups in total. The van der Waals surface area contributed by atoms with Gasteiger partial charge >= 0.3 is 0 Å². The third kappa shape index (κ3) is 3.54. The van der Waals surface area contributed by atoms with Gasteiger partial charge in [-0.1, -0.05) is 42.8 Å². The van der Waals surface area contributed by atoms with Gasteiger partial charge in [0.15, 0.2) is 6.67 Å². The van der Waals surface area contributed by atoms with Crippen molar-refractivity contribution < 1.29 is 9.69 Å². The molecule has 2 heterocycles. The Labute approximate surface area is 161 Å². The van der Waals surface area contributed by atoms with Gasteiger partial charge in [-0.05, 0) is 50.3 Å². The van der Waals surface area contributed by atoms with E-state index in [0.717, 1.165) is 48.2 Å². The van der Waals surface area contributed by atoms with Crippen molar-refractivity contribution >= 4 is 23.0 Å². The number of rotatable bonds is 3. The van der Waals surface area contributed by atoms with Crippen LogP contribution in [0.2, 0.25) is 0 Å². The quantitative estimate of drug-likeness (QED) is 0.895. The summed E-state index contributed by atoms with van der Waals surface area (Å²) in [4.78, 5) is 21.5. The van der Waals surface area contributed by atoms with Crippen molar-refractivity contribution in [2.24, 2.45) is 10.9 Å². The number of carbonyl (C=O) groups excluding carboxylic acids is 1. The normalized spacial score (nSPS) is 23.7. The number of aliphatic imine (C=N–C) groups is 1. The van der Waals surface area contributed by atoms with Gasteiger partial charge < -0.3 is 4.90 Å². The van der Waals surface area contributed by atoms with Crippen molar-refractivity contribution in [3.8, 4) is 0 Å². The van der Waals surface area contributed by atoms with Crippen LogP contribution in [-0.2, 0) is 4.79 Å². The average Bonchev–Trinajstić information content (AvgIpc) is 2.91. The third-order valence-electron chi connectivity index (χ3n) is 5.85. The van der Waals surface area contributed by atoms with E-state index in [9.17, 15) is 4.79 Å². The zero-order valence-corrected chi connectivity index (χ0v) is 16.5. The van der Waals surface area contributed by atoms with Crippen LogP contribution in [0.3, 0.4) is 0 Å². The van der Waals surface area contributed by atoms with Crippen molar-refractivity contribution in [2.75, 3.05) is 24.7 Å². The van der Waals surface area contributed by atoms with Crippen LogP contribution in [-0.4, -0.2) is 31.4 Å². The van der Waals surface area contributed by atoms with E-state index in [4.69, 9.17) is 4.99 Å². The summed E-state index contributed by atoms with van der Waals surface area (Å²) in [6.45, 7) is 9.45. The number of hydrogen-bond donors (Lipinski definition) is 1. The molecule has 0 spiro atoms. The lowest BCUT2D eigenvalue weighted by molar-refractivity contribution is -0.904. The largest absolute Gasteiger partial charge is 0.317 e. The maximum Gasteiger partial charge on any atom is 0.281 e. The van der Waals surface area contributed by atoms with E-state index in [1.54, 1.807) is 0 Å². The number of benzene rings is 2. The Balaban J connectivity index is 1.66. The van der Waals surface area contributed by atoms with E-state index < -0.39 is 0 Å². The minimum atomic E-state index is 0.0299. The van der Waals surface area contributed by atoms with Gasteiger partial charge in [-0.25, -0.2) is 4.99 Å². The Morgan fingerprint density at radius 1 is 1.11 bits per heavy atom. The molecule has 2 aromatic carbocycles. The number of carbonyl (C=O) groups is 1. The summed E-state index contributed by atoms with van der Waals surface area (Å²) in [7, 11) is 0. The predicted molar refractivity (Wildman–Crippen MR) is 110 cm³/mol. The third-order valence-corrected chi connectivity index (χ3v) is 5.85. The predicted octanol–water partition coefficient (Wildman–Crippen LogP) is 3.04. The molecule has 0 bridgehead atoms. The van der Waals surface area contributed by atoms with E-state index in [2.05, 4.69) is 32.9 Å². The minimum absolute atomic E-state index is 0.0299. The highest BCUT2D eigenvalue weighted by atomic mass is 16.2. The van der Waals surface area contributed by atoms with Crippen LogP contribution < -0.4 is 9.80 Å². The number of piperidine rings is 1. The van der Waals surface area contributed by atoms with Crippen molar-refractivity contribution in [1.82, 2.24) is 0 Å². The summed E-state index contributed by atoms with van der Waals surface area (Å²) in [5.41, 5.74) is 5.70. The molecule has 1 fully saturated rings. The fourth-order valence-corrected chi connectivity index (χ4v) is 4.13. The summed E-state index contributed by atoms with van der Waals surface area (Å²) in [6, 6.07) is 14.2. The minimum Gasteiger partial charge on any atom is -0.317 e. The zero-order valence-electron chi connectivity index (χ0n) is 16.5. The van der Waals surface area contributed by atoms with Crippen molar-refractivity contribution in [1.29, 1.82) is 0 Å². The zero-order chi connectivity index (χ0) is 19.0. The number of nitrogens with zero attached hydrogens (tertiary/aromatic N) is 2. The van der Waals surface area contributed by atoms with Crippen LogP contribution in [0.5, 0.6) is 0 Å². The molecule has 140 valence electrons. The number of nitrogens with one attached hydrogen (secondary N) is 1. The van der Waals surface area contributed by atoms with Crippen molar-refractivity contribution in [3.63, 3.8) is 0 Å². The molecule has 2 aliphatic heterocycles. The molecule has 2 aliphatic rings. The van der Waals surface area contributed by atoms with Gasteiger partial charge in [0.2, 0.25) is 0 Å². The summed E-state index contributed by atoms with van der Waals surface area (Å²) in [5, 5.41) is 0. The molecular weight excluding hydrogens is 334 g/mol. The first-order valence-corrected chi connectivity index (χ1v) is 9.93. The Morgan fingerprint density at radius 3 is 2.59 bits per heavy atom. The second-order valence-corrected chi connectivity index (χ2v) is 8.09. The number of para-hydroxylation sites is 1. The molecule has 0 unspecified atom stereocenters. The number of anilines is 1. The van der Waals surface area contributed by atoms with Crippen molar-refractivity contribution in [2.45, 2.75) is 33.6 Å². The number of fused-ring (bicyclic) bond motifs is 1. The molecule has 1 amide bonds. The Hall–Kier alpha value is -2.46. The standard InChI is InChI=1S/C23H27N3O/c1-16-10-12-25(13-11-16)15-26-21-7-5-4-6-19(21)22(23(26)27)24-20-9-8-17(2)14-18(20)3/h4-9,14,16H,10-13,15H2,1-3H3/p+1. The van der Waals surface area contributed by atoms with Gasteiger partial charge in [0.05, 0.1) is 24.5 Å².